The molecule has 0 unspecified atom stereocenters. The third-order valence-corrected chi connectivity index (χ3v) is 8.37. The average molecular weight is 315 g/mol. The molecule has 2 aliphatic heterocycles. The first-order valence-corrected chi connectivity index (χ1v) is 9.58. The first kappa shape index (κ1) is 14.3. The number of hydrogen-bond donors (Lipinski definition) is 0. The summed E-state index contributed by atoms with van der Waals surface area (Å²) in [7, 11) is -2.52. The van der Waals surface area contributed by atoms with E-state index in [1.807, 2.05) is 12.1 Å². The maximum absolute atomic E-state index is 6.62. The maximum atomic E-state index is 6.62. The Morgan fingerprint density at radius 3 is 2.32 bits per heavy atom. The van der Waals surface area contributed by atoms with Gasteiger partial charge in [0.05, 0.1) is 0 Å². The molecule has 2 heterocycles. The predicted octanol–water partition coefficient (Wildman–Crippen LogP) is 3.69. The molecule has 0 aliphatic carbocycles. The molecule has 1 atom stereocenters. The van der Waals surface area contributed by atoms with Crippen LogP contribution >= 0.6 is 7.87 Å². The molecule has 0 N–H and O–H groups in total. The first-order chi connectivity index (χ1) is 10.6. The van der Waals surface area contributed by atoms with Crippen molar-refractivity contribution < 1.29 is 9.05 Å². The molecule has 2 saturated heterocycles. The molecule has 3 nitrogen and oxygen atoms in total. The number of benzene rings is 2. The molecule has 2 aliphatic rings. The third-order valence-electron chi connectivity index (χ3n) is 4.67. The second-order valence-electron chi connectivity index (χ2n) is 6.68. The van der Waals surface area contributed by atoms with Crippen LogP contribution in [0.2, 0.25) is 0 Å². The van der Waals surface area contributed by atoms with Gasteiger partial charge in [0, 0.05) is 0 Å². The van der Waals surface area contributed by atoms with E-state index in [0.717, 1.165) is 13.2 Å². The van der Waals surface area contributed by atoms with Crippen molar-refractivity contribution in [1.82, 2.24) is 4.67 Å². The Morgan fingerprint density at radius 2 is 1.64 bits per heavy atom. The molecule has 0 bridgehead atoms. The van der Waals surface area contributed by atoms with E-state index in [-0.39, 0.29) is 11.6 Å². The van der Waals surface area contributed by atoms with Gasteiger partial charge >= 0.3 is 132 Å². The second-order valence-corrected chi connectivity index (χ2v) is 9.48. The molecule has 22 heavy (non-hydrogen) atoms. The molecule has 0 saturated carbocycles. The molecule has 116 valence electrons. The molecule has 0 aromatic heterocycles. The van der Waals surface area contributed by atoms with Gasteiger partial charge in [-0.3, -0.25) is 0 Å². The Kier molecular flexibility index (Phi) is 3.35. The van der Waals surface area contributed by atoms with E-state index in [2.05, 4.69) is 67.0 Å². The van der Waals surface area contributed by atoms with Crippen LogP contribution in [0.15, 0.2) is 60.7 Å². The minimum absolute atomic E-state index is 0.0194. The van der Waals surface area contributed by atoms with Crippen molar-refractivity contribution >= 4 is 13.2 Å². The van der Waals surface area contributed by atoms with Crippen LogP contribution in [0.3, 0.4) is 0 Å². The molecular formula is C18H22NO2P. The fourth-order valence-electron chi connectivity index (χ4n) is 3.49. The summed E-state index contributed by atoms with van der Waals surface area (Å²) in [6.07, 6.45) is 0.0904. The van der Waals surface area contributed by atoms with Crippen LogP contribution in [0.4, 0.5) is 0 Å². The summed E-state index contributed by atoms with van der Waals surface area (Å²) in [6.45, 7) is 6.14. The Morgan fingerprint density at radius 1 is 1.00 bits per heavy atom. The van der Waals surface area contributed by atoms with E-state index in [4.69, 9.17) is 9.05 Å². The van der Waals surface area contributed by atoms with Gasteiger partial charge in [0.2, 0.25) is 0 Å². The van der Waals surface area contributed by atoms with Gasteiger partial charge in [0.15, 0.2) is 0 Å². The summed E-state index contributed by atoms with van der Waals surface area (Å²) in [5.74, 6) is 0. The summed E-state index contributed by atoms with van der Waals surface area (Å²) < 4.78 is 15.5. The molecule has 4 heteroatoms. The minimum atomic E-state index is -2.52. The van der Waals surface area contributed by atoms with E-state index >= 15 is 0 Å². The van der Waals surface area contributed by atoms with E-state index in [1.165, 1.54) is 10.9 Å². The summed E-state index contributed by atoms with van der Waals surface area (Å²) in [6, 6.07) is 21.0. The number of rotatable bonds is 2. The van der Waals surface area contributed by atoms with Gasteiger partial charge in [-0.2, -0.15) is 0 Å². The van der Waals surface area contributed by atoms with Crippen molar-refractivity contribution in [2.75, 3.05) is 13.2 Å². The zero-order valence-electron chi connectivity index (χ0n) is 13.0. The molecular weight excluding hydrogens is 293 g/mol. The average Bonchev–Trinajstić information content (AvgIpc) is 3.07. The van der Waals surface area contributed by atoms with Crippen LogP contribution in [-0.2, 0) is 9.05 Å². The Hall–Kier alpha value is -1.25. The quantitative estimate of drug-likeness (QED) is 0.789. The van der Waals surface area contributed by atoms with Crippen LogP contribution < -0.4 is 5.30 Å². The van der Waals surface area contributed by atoms with Gasteiger partial charge in [0.25, 0.3) is 0 Å². The summed E-state index contributed by atoms with van der Waals surface area (Å²) >= 11 is 0. The van der Waals surface area contributed by atoms with Gasteiger partial charge in [-0.05, 0) is 0 Å². The van der Waals surface area contributed by atoms with Crippen molar-refractivity contribution in [3.63, 3.8) is 0 Å². The molecule has 2 aromatic rings. The van der Waals surface area contributed by atoms with Crippen LogP contribution in [0.1, 0.15) is 25.5 Å². The van der Waals surface area contributed by atoms with Crippen LogP contribution in [0.5, 0.6) is 0 Å². The predicted molar refractivity (Wildman–Crippen MR) is 91.4 cm³/mol. The third kappa shape index (κ3) is 2.12. The second kappa shape index (κ2) is 5.14. The SMILES string of the molecule is CC1(C)CO[PH]2(c3ccccc3)O[C@H](c3ccccc3)CN12. The van der Waals surface area contributed by atoms with Gasteiger partial charge in [0.1, 0.15) is 0 Å². The molecule has 2 aromatic carbocycles. The number of nitrogens with zero attached hydrogens (tertiary/aromatic N) is 1. The molecule has 4 rings (SSSR count). The zero-order chi connectivity index (χ0) is 15.2. The van der Waals surface area contributed by atoms with Gasteiger partial charge in [-0.15, -0.1) is 0 Å². The summed E-state index contributed by atoms with van der Waals surface area (Å²) in [4.78, 5) is 0. The molecule has 2 fully saturated rings. The fraction of sp³-hybridized carbons (Fsp3) is 0.333. The van der Waals surface area contributed by atoms with Crippen LogP contribution in [-0.4, -0.2) is 23.4 Å². The van der Waals surface area contributed by atoms with Crippen molar-refractivity contribution in [1.29, 1.82) is 0 Å². The van der Waals surface area contributed by atoms with Crippen LogP contribution in [0, 0.1) is 0 Å². The molecule has 0 spiro atoms. The van der Waals surface area contributed by atoms with Crippen molar-refractivity contribution in [3.05, 3.63) is 66.2 Å². The summed E-state index contributed by atoms with van der Waals surface area (Å²) in [5, 5.41) is 1.21. The van der Waals surface area contributed by atoms with Crippen molar-refractivity contribution in [3.8, 4) is 0 Å². The van der Waals surface area contributed by atoms with E-state index < -0.39 is 7.87 Å². The van der Waals surface area contributed by atoms with Crippen molar-refractivity contribution in [2.45, 2.75) is 25.5 Å². The Balaban J connectivity index is 1.76. The monoisotopic (exact) mass is 315 g/mol. The van der Waals surface area contributed by atoms with E-state index in [1.54, 1.807) is 0 Å². The zero-order valence-corrected chi connectivity index (χ0v) is 14.0. The topological polar surface area (TPSA) is 21.7 Å². The first-order valence-electron chi connectivity index (χ1n) is 7.82. The van der Waals surface area contributed by atoms with Gasteiger partial charge in [-0.1, -0.05) is 0 Å². The van der Waals surface area contributed by atoms with Gasteiger partial charge < -0.3 is 0 Å². The Labute approximate surface area is 132 Å². The van der Waals surface area contributed by atoms with Crippen LogP contribution in [0.25, 0.3) is 0 Å². The normalized spacial score (nSPS) is 27.5. The van der Waals surface area contributed by atoms with E-state index in [9.17, 15) is 0 Å². The standard InChI is InChI=1S/C18H22NO2P/c1-18(2)14-20-22(16-11-7-4-8-12-16)19(18)13-17(21-22)15-9-5-3-6-10-15/h3-12,17,22H,13-14H2,1-2H3/t17-/m0/s1. The molecule has 0 amide bonds. The Bertz CT molecular complexity index is 661. The van der Waals surface area contributed by atoms with Crippen molar-refractivity contribution in [2.24, 2.45) is 0 Å². The van der Waals surface area contributed by atoms with E-state index in [0.29, 0.717) is 0 Å². The van der Waals surface area contributed by atoms with Gasteiger partial charge in [-0.25, -0.2) is 0 Å². The number of fused-ring (bicyclic) bond motifs is 1. The summed E-state index contributed by atoms with van der Waals surface area (Å²) in [5.41, 5.74) is 1.25. The molecule has 0 radical (unpaired) electrons. The fourth-order valence-corrected chi connectivity index (χ4v) is 7.48. The number of hydrogen-bond acceptors (Lipinski definition) is 3.